The second kappa shape index (κ2) is 5.12. The van der Waals surface area contributed by atoms with Gasteiger partial charge < -0.3 is 10.3 Å². The quantitative estimate of drug-likeness (QED) is 0.943. The number of thiophene rings is 1. The zero-order valence-corrected chi connectivity index (χ0v) is 11.5. The molecule has 2 aromatic heterocycles. The van der Waals surface area contributed by atoms with Gasteiger partial charge in [-0.2, -0.15) is 0 Å². The molecule has 2 heterocycles. The third-order valence-electron chi connectivity index (χ3n) is 2.63. The lowest BCUT2D eigenvalue weighted by atomic mass is 10.2. The molecule has 2 N–H and O–H groups in total. The van der Waals surface area contributed by atoms with Gasteiger partial charge >= 0.3 is 0 Å². The SMILES string of the molecule is Cn1c(CN)nc(Br)c1CCc1cccs1. The lowest BCUT2D eigenvalue weighted by Gasteiger charge is -2.04. The fourth-order valence-electron chi connectivity index (χ4n) is 1.70. The Kier molecular flexibility index (Phi) is 3.78. The van der Waals surface area contributed by atoms with E-state index in [1.54, 1.807) is 11.3 Å². The smallest absolute Gasteiger partial charge is 0.127 e. The largest absolute Gasteiger partial charge is 0.333 e. The summed E-state index contributed by atoms with van der Waals surface area (Å²) in [5.41, 5.74) is 6.84. The van der Waals surface area contributed by atoms with E-state index < -0.39 is 0 Å². The molecular weight excluding hydrogens is 286 g/mol. The molecule has 0 aromatic carbocycles. The lowest BCUT2D eigenvalue weighted by molar-refractivity contribution is 0.741. The molecule has 2 aromatic rings. The molecule has 0 atom stereocenters. The van der Waals surface area contributed by atoms with Gasteiger partial charge in [-0.3, -0.25) is 0 Å². The van der Waals surface area contributed by atoms with Crippen molar-refractivity contribution in [1.82, 2.24) is 9.55 Å². The van der Waals surface area contributed by atoms with Crippen LogP contribution >= 0.6 is 27.3 Å². The van der Waals surface area contributed by atoms with Gasteiger partial charge in [0.15, 0.2) is 0 Å². The first-order chi connectivity index (χ1) is 7.72. The number of aromatic nitrogens is 2. The van der Waals surface area contributed by atoms with Crippen molar-refractivity contribution in [3.05, 3.63) is 38.5 Å². The molecule has 0 saturated carbocycles. The molecule has 3 nitrogen and oxygen atoms in total. The first kappa shape index (κ1) is 11.8. The van der Waals surface area contributed by atoms with Gasteiger partial charge in [0.25, 0.3) is 0 Å². The van der Waals surface area contributed by atoms with Crippen LogP contribution in [-0.2, 0) is 26.4 Å². The maximum absolute atomic E-state index is 5.62. The molecule has 0 aliphatic carbocycles. The molecule has 0 aliphatic rings. The molecule has 0 amide bonds. The van der Waals surface area contributed by atoms with Crippen LogP contribution in [0.2, 0.25) is 0 Å². The van der Waals surface area contributed by atoms with E-state index in [2.05, 4.69) is 43.0 Å². The molecule has 0 aliphatic heterocycles. The second-order valence-corrected chi connectivity index (χ2v) is 5.39. The Morgan fingerprint density at radius 3 is 2.88 bits per heavy atom. The van der Waals surface area contributed by atoms with E-state index in [0.29, 0.717) is 6.54 Å². The van der Waals surface area contributed by atoms with Crippen LogP contribution in [-0.4, -0.2) is 9.55 Å². The average Bonchev–Trinajstić information content (AvgIpc) is 2.86. The summed E-state index contributed by atoms with van der Waals surface area (Å²) >= 11 is 5.29. The summed E-state index contributed by atoms with van der Waals surface area (Å²) in [5, 5.41) is 2.11. The van der Waals surface area contributed by atoms with Gasteiger partial charge in [0.05, 0.1) is 12.2 Å². The van der Waals surface area contributed by atoms with Gasteiger partial charge in [0, 0.05) is 11.9 Å². The van der Waals surface area contributed by atoms with E-state index in [4.69, 9.17) is 5.73 Å². The van der Waals surface area contributed by atoms with Crippen LogP contribution in [0.15, 0.2) is 22.1 Å². The van der Waals surface area contributed by atoms with Gasteiger partial charge in [-0.1, -0.05) is 6.07 Å². The Morgan fingerprint density at radius 2 is 2.31 bits per heavy atom. The summed E-state index contributed by atoms with van der Waals surface area (Å²) in [6.07, 6.45) is 2.05. The van der Waals surface area contributed by atoms with Crippen LogP contribution in [0.5, 0.6) is 0 Å². The predicted molar refractivity (Wildman–Crippen MR) is 70.5 cm³/mol. The first-order valence-electron chi connectivity index (χ1n) is 5.14. The first-order valence-corrected chi connectivity index (χ1v) is 6.82. The van der Waals surface area contributed by atoms with E-state index >= 15 is 0 Å². The zero-order valence-electron chi connectivity index (χ0n) is 9.11. The number of halogens is 1. The van der Waals surface area contributed by atoms with Crippen LogP contribution in [0.1, 0.15) is 16.4 Å². The van der Waals surface area contributed by atoms with Gasteiger partial charge in [0.1, 0.15) is 10.4 Å². The van der Waals surface area contributed by atoms with E-state index in [9.17, 15) is 0 Å². The third kappa shape index (κ3) is 2.36. The Morgan fingerprint density at radius 1 is 1.50 bits per heavy atom. The van der Waals surface area contributed by atoms with Crippen LogP contribution in [0.25, 0.3) is 0 Å². The predicted octanol–water partition coefficient (Wildman–Crippen LogP) is 2.49. The minimum absolute atomic E-state index is 0.480. The van der Waals surface area contributed by atoms with Crippen molar-refractivity contribution in [3.8, 4) is 0 Å². The van der Waals surface area contributed by atoms with Crippen LogP contribution in [0.3, 0.4) is 0 Å². The average molecular weight is 300 g/mol. The van der Waals surface area contributed by atoms with E-state index in [1.807, 2.05) is 7.05 Å². The van der Waals surface area contributed by atoms with Crippen molar-refractivity contribution in [2.75, 3.05) is 0 Å². The molecule has 0 bridgehead atoms. The highest BCUT2D eigenvalue weighted by Crippen LogP contribution is 2.20. The number of imidazole rings is 1. The van der Waals surface area contributed by atoms with E-state index in [1.165, 1.54) is 10.6 Å². The molecule has 86 valence electrons. The van der Waals surface area contributed by atoms with E-state index in [-0.39, 0.29) is 0 Å². The fraction of sp³-hybridized carbons (Fsp3) is 0.364. The van der Waals surface area contributed by atoms with Gasteiger partial charge in [-0.15, -0.1) is 11.3 Å². The minimum atomic E-state index is 0.480. The Balaban J connectivity index is 2.12. The lowest BCUT2D eigenvalue weighted by Crippen LogP contribution is -2.07. The number of rotatable bonds is 4. The maximum atomic E-state index is 5.62. The zero-order chi connectivity index (χ0) is 11.5. The number of nitrogens with two attached hydrogens (primary N) is 1. The molecular formula is C11H14BrN3S. The molecule has 16 heavy (non-hydrogen) atoms. The highest BCUT2D eigenvalue weighted by Gasteiger charge is 2.11. The second-order valence-electron chi connectivity index (χ2n) is 3.61. The highest BCUT2D eigenvalue weighted by molar-refractivity contribution is 9.10. The minimum Gasteiger partial charge on any atom is -0.333 e. The third-order valence-corrected chi connectivity index (χ3v) is 4.20. The Bertz CT molecular complexity index is 462. The maximum Gasteiger partial charge on any atom is 0.127 e. The summed E-state index contributed by atoms with van der Waals surface area (Å²) in [6, 6.07) is 4.25. The molecule has 0 fully saturated rings. The Labute approximate surface area is 107 Å². The molecule has 0 unspecified atom stereocenters. The monoisotopic (exact) mass is 299 g/mol. The van der Waals surface area contributed by atoms with Crippen molar-refractivity contribution >= 4 is 27.3 Å². The standard InChI is InChI=1S/C11H14BrN3S/c1-15-9(11(12)14-10(15)7-13)5-4-8-3-2-6-16-8/h2-3,6H,4-5,7,13H2,1H3. The number of nitrogens with zero attached hydrogens (tertiary/aromatic N) is 2. The summed E-state index contributed by atoms with van der Waals surface area (Å²) in [5.74, 6) is 0.924. The highest BCUT2D eigenvalue weighted by atomic mass is 79.9. The van der Waals surface area contributed by atoms with Crippen molar-refractivity contribution in [2.45, 2.75) is 19.4 Å². The van der Waals surface area contributed by atoms with E-state index in [0.717, 1.165) is 23.3 Å². The fourth-order valence-corrected chi connectivity index (χ4v) is 3.07. The summed E-state index contributed by atoms with van der Waals surface area (Å²) in [7, 11) is 2.02. The van der Waals surface area contributed by atoms with Gasteiger partial charge in [-0.25, -0.2) is 4.98 Å². The molecule has 5 heteroatoms. The normalized spacial score (nSPS) is 10.9. The van der Waals surface area contributed by atoms with Crippen molar-refractivity contribution in [3.63, 3.8) is 0 Å². The summed E-state index contributed by atoms with van der Waals surface area (Å²) < 4.78 is 3.00. The number of hydrogen-bond donors (Lipinski definition) is 1. The van der Waals surface area contributed by atoms with Gasteiger partial charge in [-0.05, 0) is 40.2 Å². The molecule has 0 saturated heterocycles. The van der Waals surface area contributed by atoms with Crippen LogP contribution < -0.4 is 5.73 Å². The van der Waals surface area contributed by atoms with Crippen molar-refractivity contribution in [2.24, 2.45) is 12.8 Å². The topological polar surface area (TPSA) is 43.8 Å². The van der Waals surface area contributed by atoms with Crippen molar-refractivity contribution < 1.29 is 0 Å². The number of hydrogen-bond acceptors (Lipinski definition) is 3. The summed E-state index contributed by atoms with van der Waals surface area (Å²) in [4.78, 5) is 5.79. The van der Waals surface area contributed by atoms with Crippen LogP contribution in [0, 0.1) is 0 Å². The molecule has 0 spiro atoms. The molecule has 2 rings (SSSR count). The molecule has 0 radical (unpaired) electrons. The van der Waals surface area contributed by atoms with Crippen molar-refractivity contribution in [1.29, 1.82) is 0 Å². The van der Waals surface area contributed by atoms with Crippen LogP contribution in [0.4, 0.5) is 0 Å². The Hall–Kier alpha value is -0.650. The van der Waals surface area contributed by atoms with Gasteiger partial charge in [0.2, 0.25) is 0 Å². The summed E-state index contributed by atoms with van der Waals surface area (Å²) in [6.45, 7) is 0.480. The number of aryl methyl sites for hydroxylation is 1.